The number of benzene rings is 1. The van der Waals surface area contributed by atoms with Crippen LogP contribution in [0.15, 0.2) is 24.3 Å². The summed E-state index contributed by atoms with van der Waals surface area (Å²) >= 11 is 0. The zero-order valence-electron chi connectivity index (χ0n) is 9.34. The van der Waals surface area contributed by atoms with Crippen molar-refractivity contribution in [2.75, 3.05) is 0 Å². The number of hydroxylamine groups is 2. The second-order valence-corrected chi connectivity index (χ2v) is 4.40. The molecule has 2 amide bonds. The smallest absolute Gasteiger partial charge is 0.338 e. The third-order valence-electron chi connectivity index (χ3n) is 3.30. The average molecular weight is 238 g/mol. The molecule has 5 heteroatoms. The lowest BCUT2D eigenvalue weighted by molar-refractivity contribution is -0.0730. The molecule has 0 saturated heterocycles. The van der Waals surface area contributed by atoms with E-state index >= 15 is 0 Å². The predicted octanol–water partition coefficient (Wildman–Crippen LogP) is 2.23. The Morgan fingerprint density at radius 2 is 2.24 bits per heavy atom. The van der Waals surface area contributed by atoms with Gasteiger partial charge in [-0.05, 0) is 42.9 Å². The molecule has 1 aliphatic rings. The van der Waals surface area contributed by atoms with Crippen LogP contribution in [-0.2, 0) is 0 Å². The molecule has 1 saturated carbocycles. The van der Waals surface area contributed by atoms with Crippen molar-refractivity contribution >= 4 is 6.03 Å². The summed E-state index contributed by atoms with van der Waals surface area (Å²) in [5.41, 5.74) is 5.91. The van der Waals surface area contributed by atoms with Crippen LogP contribution in [0.5, 0.6) is 0 Å². The van der Waals surface area contributed by atoms with Crippen molar-refractivity contribution in [3.05, 3.63) is 35.6 Å². The molecule has 1 fully saturated rings. The molecule has 2 unspecified atom stereocenters. The zero-order valence-corrected chi connectivity index (χ0v) is 9.34. The van der Waals surface area contributed by atoms with Gasteiger partial charge in [-0.15, -0.1) is 0 Å². The van der Waals surface area contributed by atoms with Crippen LogP contribution in [0.3, 0.4) is 0 Å². The summed E-state index contributed by atoms with van der Waals surface area (Å²) in [6.45, 7) is 0. The highest BCUT2D eigenvalue weighted by Crippen LogP contribution is 2.36. The Hall–Kier alpha value is -1.62. The highest BCUT2D eigenvalue weighted by Gasteiger charge is 2.31. The van der Waals surface area contributed by atoms with Crippen molar-refractivity contribution < 1.29 is 14.4 Å². The summed E-state index contributed by atoms with van der Waals surface area (Å²) < 4.78 is 13.1. The van der Waals surface area contributed by atoms with E-state index in [1.165, 1.54) is 12.1 Å². The molecule has 1 aromatic carbocycles. The van der Waals surface area contributed by atoms with Gasteiger partial charge in [-0.1, -0.05) is 12.1 Å². The SMILES string of the molecule is NC(=O)N(O)C1CCC(c2cccc(F)c2)C1. The molecule has 4 nitrogen and oxygen atoms in total. The third-order valence-corrected chi connectivity index (χ3v) is 3.30. The van der Waals surface area contributed by atoms with E-state index in [1.807, 2.05) is 6.07 Å². The Morgan fingerprint density at radius 1 is 1.47 bits per heavy atom. The average Bonchev–Trinajstić information content (AvgIpc) is 2.77. The van der Waals surface area contributed by atoms with Crippen molar-refractivity contribution in [3.63, 3.8) is 0 Å². The number of urea groups is 1. The zero-order chi connectivity index (χ0) is 12.4. The molecule has 0 spiro atoms. The Bertz CT molecular complexity index is 425. The van der Waals surface area contributed by atoms with Crippen molar-refractivity contribution in [2.24, 2.45) is 5.73 Å². The van der Waals surface area contributed by atoms with Crippen molar-refractivity contribution in [1.82, 2.24) is 5.06 Å². The third kappa shape index (κ3) is 2.55. The van der Waals surface area contributed by atoms with Gasteiger partial charge >= 0.3 is 6.03 Å². The maximum absolute atomic E-state index is 13.1. The number of carbonyl (C=O) groups is 1. The number of primary amides is 1. The monoisotopic (exact) mass is 238 g/mol. The van der Waals surface area contributed by atoms with E-state index in [2.05, 4.69) is 0 Å². The first-order valence-electron chi connectivity index (χ1n) is 5.61. The van der Waals surface area contributed by atoms with Crippen LogP contribution in [0.2, 0.25) is 0 Å². The molecular formula is C12H15FN2O2. The fourth-order valence-corrected chi connectivity index (χ4v) is 2.42. The quantitative estimate of drug-likeness (QED) is 0.613. The highest BCUT2D eigenvalue weighted by atomic mass is 19.1. The summed E-state index contributed by atoms with van der Waals surface area (Å²) in [6.07, 6.45) is 2.11. The molecule has 0 heterocycles. The number of carbonyl (C=O) groups excluding carboxylic acids is 1. The van der Waals surface area contributed by atoms with Crippen molar-refractivity contribution in [3.8, 4) is 0 Å². The lowest BCUT2D eigenvalue weighted by atomic mass is 9.97. The Kier molecular flexibility index (Phi) is 3.28. The van der Waals surface area contributed by atoms with Crippen molar-refractivity contribution in [2.45, 2.75) is 31.2 Å². The number of hydrogen-bond acceptors (Lipinski definition) is 2. The van der Waals surface area contributed by atoms with E-state index in [-0.39, 0.29) is 17.8 Å². The summed E-state index contributed by atoms with van der Waals surface area (Å²) in [7, 11) is 0. The van der Waals surface area contributed by atoms with Crippen LogP contribution >= 0.6 is 0 Å². The number of nitrogens with zero attached hydrogens (tertiary/aromatic N) is 1. The molecule has 92 valence electrons. The van der Waals surface area contributed by atoms with Crippen molar-refractivity contribution in [1.29, 1.82) is 0 Å². The van der Waals surface area contributed by atoms with Gasteiger partial charge in [0.2, 0.25) is 0 Å². The lowest BCUT2D eigenvalue weighted by Gasteiger charge is -2.19. The molecule has 17 heavy (non-hydrogen) atoms. The van der Waals surface area contributed by atoms with E-state index in [0.717, 1.165) is 12.0 Å². The minimum Gasteiger partial charge on any atom is -0.350 e. The topological polar surface area (TPSA) is 66.6 Å². The Balaban J connectivity index is 2.05. The van der Waals surface area contributed by atoms with Gasteiger partial charge in [0.1, 0.15) is 5.82 Å². The van der Waals surface area contributed by atoms with E-state index < -0.39 is 6.03 Å². The van der Waals surface area contributed by atoms with E-state index in [0.29, 0.717) is 17.9 Å². The molecule has 0 aliphatic heterocycles. The van der Waals surface area contributed by atoms with Crippen LogP contribution in [0.1, 0.15) is 30.7 Å². The van der Waals surface area contributed by atoms with Gasteiger partial charge < -0.3 is 5.73 Å². The number of halogens is 1. The largest absolute Gasteiger partial charge is 0.350 e. The van der Waals surface area contributed by atoms with Crippen LogP contribution in [-0.4, -0.2) is 22.3 Å². The molecule has 1 aromatic rings. The minimum atomic E-state index is -0.838. The first-order valence-corrected chi connectivity index (χ1v) is 5.61. The fraction of sp³-hybridized carbons (Fsp3) is 0.417. The Labute approximate surface area is 98.8 Å². The predicted molar refractivity (Wildman–Crippen MR) is 60.0 cm³/mol. The summed E-state index contributed by atoms with van der Waals surface area (Å²) in [6, 6.07) is 5.33. The summed E-state index contributed by atoms with van der Waals surface area (Å²) in [5.74, 6) is -0.0913. The highest BCUT2D eigenvalue weighted by molar-refractivity contribution is 5.70. The standard InChI is InChI=1S/C12H15FN2O2/c13-10-3-1-2-8(6-10)9-4-5-11(7-9)15(17)12(14)16/h1-3,6,9,11,17H,4-5,7H2,(H2,14,16). The molecule has 2 atom stereocenters. The summed E-state index contributed by atoms with van der Waals surface area (Å²) in [4.78, 5) is 10.8. The first kappa shape index (κ1) is 11.9. The maximum Gasteiger partial charge on any atom is 0.338 e. The van der Waals surface area contributed by atoms with Crippen LogP contribution in [0.4, 0.5) is 9.18 Å². The van der Waals surface area contributed by atoms with Crippen LogP contribution in [0.25, 0.3) is 0 Å². The van der Waals surface area contributed by atoms with Gasteiger partial charge in [0.05, 0.1) is 6.04 Å². The van der Waals surface area contributed by atoms with Gasteiger partial charge in [-0.2, -0.15) is 0 Å². The second-order valence-electron chi connectivity index (χ2n) is 4.40. The Morgan fingerprint density at radius 3 is 2.88 bits per heavy atom. The number of amides is 2. The van der Waals surface area contributed by atoms with Gasteiger partial charge in [-0.3, -0.25) is 5.21 Å². The van der Waals surface area contributed by atoms with Gasteiger partial charge in [0.25, 0.3) is 0 Å². The fourth-order valence-electron chi connectivity index (χ4n) is 2.42. The molecule has 0 bridgehead atoms. The second kappa shape index (κ2) is 4.71. The van der Waals surface area contributed by atoms with Gasteiger partial charge in [0, 0.05) is 0 Å². The molecule has 3 N–H and O–H groups in total. The lowest BCUT2D eigenvalue weighted by Crippen LogP contribution is -2.39. The molecule has 0 aromatic heterocycles. The molecule has 2 rings (SSSR count). The van der Waals surface area contributed by atoms with E-state index in [4.69, 9.17) is 5.73 Å². The number of rotatable bonds is 2. The summed E-state index contributed by atoms with van der Waals surface area (Å²) in [5, 5.41) is 10.0. The molecule has 0 radical (unpaired) electrons. The first-order chi connectivity index (χ1) is 8.08. The number of nitrogens with two attached hydrogens (primary N) is 1. The van der Waals surface area contributed by atoms with Gasteiger partial charge in [0.15, 0.2) is 0 Å². The van der Waals surface area contributed by atoms with Gasteiger partial charge in [-0.25, -0.2) is 14.2 Å². The van der Waals surface area contributed by atoms with E-state index in [1.54, 1.807) is 6.07 Å². The minimum absolute atomic E-state index is 0.171. The molecule has 1 aliphatic carbocycles. The van der Waals surface area contributed by atoms with Crippen LogP contribution in [0, 0.1) is 5.82 Å². The van der Waals surface area contributed by atoms with E-state index in [9.17, 15) is 14.4 Å². The number of hydrogen-bond donors (Lipinski definition) is 2. The maximum atomic E-state index is 13.1. The normalized spacial score (nSPS) is 23.6. The molecular weight excluding hydrogens is 223 g/mol. The van der Waals surface area contributed by atoms with Crippen LogP contribution < -0.4 is 5.73 Å².